The number of benzene rings is 1. The van der Waals surface area contributed by atoms with Crippen LogP contribution in [0.15, 0.2) is 30.9 Å². The molecule has 0 aliphatic heterocycles. The predicted molar refractivity (Wildman–Crippen MR) is 62.7 cm³/mol. The van der Waals surface area contributed by atoms with E-state index in [0.717, 1.165) is 12.8 Å². The van der Waals surface area contributed by atoms with Gasteiger partial charge in [0.15, 0.2) is 11.6 Å². The molecule has 0 aliphatic carbocycles. The highest BCUT2D eigenvalue weighted by atomic mass is 19.1. The molecule has 0 aliphatic rings. The summed E-state index contributed by atoms with van der Waals surface area (Å²) < 4.78 is 23.3. The van der Waals surface area contributed by atoms with E-state index in [1.165, 1.54) is 25.3 Å². The largest absolute Gasteiger partial charge is 0.490 e. The molecule has 0 unspecified atom stereocenters. The average molecular weight is 238 g/mol. The van der Waals surface area contributed by atoms with E-state index < -0.39 is 11.8 Å². The molecule has 1 rings (SSSR count). The number of unbranched alkanes of at least 4 members (excludes halogenated alkanes) is 1. The van der Waals surface area contributed by atoms with Crippen molar-refractivity contribution in [3.63, 3.8) is 0 Å². The Balaban J connectivity index is 2.80. The summed E-state index contributed by atoms with van der Waals surface area (Å²) in [7, 11) is 1.24. The number of esters is 1. The summed E-state index contributed by atoms with van der Waals surface area (Å²) in [4.78, 5) is 11.4. The minimum absolute atomic E-state index is 0.0524. The lowest BCUT2D eigenvalue weighted by Crippen LogP contribution is -2.08. The highest BCUT2D eigenvalue weighted by Crippen LogP contribution is 2.23. The molecule has 0 spiro atoms. The molecule has 0 saturated heterocycles. The van der Waals surface area contributed by atoms with Gasteiger partial charge in [-0.15, -0.1) is 6.58 Å². The molecule has 0 bridgehead atoms. The Bertz CT molecular complexity index is 402. The molecule has 92 valence electrons. The smallest absolute Gasteiger partial charge is 0.341 e. The van der Waals surface area contributed by atoms with Gasteiger partial charge in [-0.2, -0.15) is 0 Å². The number of allylic oxidation sites excluding steroid dienone is 1. The van der Waals surface area contributed by atoms with Crippen molar-refractivity contribution in [2.75, 3.05) is 13.7 Å². The Morgan fingerprint density at radius 1 is 1.53 bits per heavy atom. The molecule has 4 heteroatoms. The molecule has 0 aromatic heterocycles. The van der Waals surface area contributed by atoms with Crippen molar-refractivity contribution in [3.8, 4) is 5.75 Å². The standard InChI is InChI=1S/C13H15FO3/c1-3-4-5-9-17-12-10(13(15)16-2)7-6-8-11(12)14/h3,6-8H,1,4-5,9H2,2H3. The van der Waals surface area contributed by atoms with Crippen LogP contribution < -0.4 is 4.74 Å². The summed E-state index contributed by atoms with van der Waals surface area (Å²) >= 11 is 0. The van der Waals surface area contributed by atoms with Crippen LogP contribution in [0.2, 0.25) is 0 Å². The van der Waals surface area contributed by atoms with Gasteiger partial charge in [0.2, 0.25) is 0 Å². The number of hydrogen-bond acceptors (Lipinski definition) is 3. The quantitative estimate of drug-likeness (QED) is 0.434. The van der Waals surface area contributed by atoms with Gasteiger partial charge >= 0.3 is 5.97 Å². The van der Waals surface area contributed by atoms with Crippen LogP contribution in [0.25, 0.3) is 0 Å². The lowest BCUT2D eigenvalue weighted by atomic mass is 10.2. The maximum Gasteiger partial charge on any atom is 0.341 e. The summed E-state index contributed by atoms with van der Waals surface area (Å²) in [5.41, 5.74) is 0.103. The SMILES string of the molecule is C=CCCCOc1c(F)cccc1C(=O)OC. The number of rotatable bonds is 6. The fourth-order valence-electron chi connectivity index (χ4n) is 1.33. The monoisotopic (exact) mass is 238 g/mol. The fraction of sp³-hybridized carbons (Fsp3) is 0.308. The van der Waals surface area contributed by atoms with Gasteiger partial charge in [0, 0.05) is 0 Å². The number of carbonyl (C=O) groups is 1. The van der Waals surface area contributed by atoms with Crippen LogP contribution in [-0.2, 0) is 4.74 Å². The topological polar surface area (TPSA) is 35.5 Å². The zero-order chi connectivity index (χ0) is 12.7. The first-order chi connectivity index (χ1) is 8.20. The van der Waals surface area contributed by atoms with Gasteiger partial charge in [-0.3, -0.25) is 0 Å². The van der Waals surface area contributed by atoms with Crippen molar-refractivity contribution in [2.45, 2.75) is 12.8 Å². The Morgan fingerprint density at radius 2 is 2.29 bits per heavy atom. The number of carbonyl (C=O) groups excluding carboxylic acids is 1. The van der Waals surface area contributed by atoms with Crippen molar-refractivity contribution in [3.05, 3.63) is 42.2 Å². The maximum absolute atomic E-state index is 13.5. The summed E-state index contributed by atoms with van der Waals surface area (Å²) in [6.07, 6.45) is 3.26. The normalized spacial score (nSPS) is 9.76. The molecule has 1 aromatic rings. The average Bonchev–Trinajstić information content (AvgIpc) is 2.35. The van der Waals surface area contributed by atoms with Crippen LogP contribution in [0.1, 0.15) is 23.2 Å². The van der Waals surface area contributed by atoms with E-state index in [4.69, 9.17) is 4.74 Å². The van der Waals surface area contributed by atoms with Crippen LogP contribution in [0.5, 0.6) is 5.75 Å². The van der Waals surface area contributed by atoms with Gasteiger partial charge in [0.1, 0.15) is 5.56 Å². The van der Waals surface area contributed by atoms with Gasteiger partial charge in [-0.1, -0.05) is 12.1 Å². The van der Waals surface area contributed by atoms with Crippen molar-refractivity contribution < 1.29 is 18.7 Å². The Labute approximate surface area is 99.9 Å². The summed E-state index contributed by atoms with van der Waals surface area (Å²) in [5, 5.41) is 0. The van der Waals surface area contributed by atoms with Gasteiger partial charge < -0.3 is 9.47 Å². The third-order valence-corrected chi connectivity index (χ3v) is 2.17. The fourth-order valence-corrected chi connectivity index (χ4v) is 1.33. The first kappa shape index (κ1) is 13.2. The molecule has 0 heterocycles. The minimum atomic E-state index is -0.608. The molecular formula is C13H15FO3. The summed E-state index contributed by atoms with van der Waals surface area (Å²) in [5.74, 6) is -1.22. The van der Waals surface area contributed by atoms with E-state index in [1.54, 1.807) is 6.08 Å². The molecule has 17 heavy (non-hydrogen) atoms. The first-order valence-electron chi connectivity index (χ1n) is 5.31. The molecule has 0 fully saturated rings. The summed E-state index contributed by atoms with van der Waals surface area (Å²) in [6.45, 7) is 3.91. The van der Waals surface area contributed by atoms with E-state index in [-0.39, 0.29) is 11.3 Å². The molecule has 0 saturated carbocycles. The van der Waals surface area contributed by atoms with Crippen LogP contribution in [0, 0.1) is 5.82 Å². The zero-order valence-corrected chi connectivity index (χ0v) is 9.74. The van der Waals surface area contributed by atoms with Gasteiger partial charge in [0.25, 0.3) is 0 Å². The number of hydrogen-bond donors (Lipinski definition) is 0. The van der Waals surface area contributed by atoms with Crippen LogP contribution in [0.3, 0.4) is 0 Å². The lowest BCUT2D eigenvalue weighted by Gasteiger charge is -2.10. The van der Waals surface area contributed by atoms with Crippen molar-refractivity contribution in [1.82, 2.24) is 0 Å². The van der Waals surface area contributed by atoms with Gasteiger partial charge in [-0.25, -0.2) is 9.18 Å². The number of methoxy groups -OCH3 is 1. The molecule has 0 amide bonds. The molecule has 3 nitrogen and oxygen atoms in total. The highest BCUT2D eigenvalue weighted by Gasteiger charge is 2.16. The molecular weight excluding hydrogens is 223 g/mol. The lowest BCUT2D eigenvalue weighted by molar-refractivity contribution is 0.0595. The van der Waals surface area contributed by atoms with E-state index in [1.807, 2.05) is 0 Å². The highest BCUT2D eigenvalue weighted by molar-refractivity contribution is 5.92. The molecule has 0 radical (unpaired) electrons. The van der Waals surface area contributed by atoms with E-state index in [0.29, 0.717) is 6.61 Å². The molecule has 0 N–H and O–H groups in total. The van der Waals surface area contributed by atoms with Gasteiger partial charge in [-0.05, 0) is 25.0 Å². The number of halogens is 1. The molecule has 0 atom stereocenters. The minimum Gasteiger partial charge on any atom is -0.490 e. The second-order valence-electron chi connectivity index (χ2n) is 3.39. The van der Waals surface area contributed by atoms with E-state index in [9.17, 15) is 9.18 Å². The van der Waals surface area contributed by atoms with Crippen LogP contribution in [-0.4, -0.2) is 19.7 Å². The predicted octanol–water partition coefficient (Wildman–Crippen LogP) is 2.96. The van der Waals surface area contributed by atoms with Gasteiger partial charge in [0.05, 0.1) is 13.7 Å². The third kappa shape index (κ3) is 3.59. The second kappa shape index (κ2) is 6.68. The van der Waals surface area contributed by atoms with E-state index >= 15 is 0 Å². The van der Waals surface area contributed by atoms with E-state index in [2.05, 4.69) is 11.3 Å². The molecule has 1 aromatic carbocycles. The Morgan fingerprint density at radius 3 is 2.94 bits per heavy atom. The van der Waals surface area contributed by atoms with Crippen molar-refractivity contribution in [1.29, 1.82) is 0 Å². The van der Waals surface area contributed by atoms with Crippen LogP contribution >= 0.6 is 0 Å². The summed E-state index contributed by atoms with van der Waals surface area (Å²) in [6, 6.07) is 4.16. The third-order valence-electron chi connectivity index (χ3n) is 2.17. The Kier molecular flexibility index (Phi) is 5.20. The maximum atomic E-state index is 13.5. The van der Waals surface area contributed by atoms with Crippen molar-refractivity contribution >= 4 is 5.97 Å². The second-order valence-corrected chi connectivity index (χ2v) is 3.39. The zero-order valence-electron chi connectivity index (χ0n) is 9.74. The number of ether oxygens (including phenoxy) is 2. The van der Waals surface area contributed by atoms with Crippen LogP contribution in [0.4, 0.5) is 4.39 Å². The first-order valence-corrected chi connectivity index (χ1v) is 5.31. The number of para-hydroxylation sites is 1. The Hall–Kier alpha value is -1.84. The van der Waals surface area contributed by atoms with Crippen molar-refractivity contribution in [2.24, 2.45) is 0 Å².